The van der Waals surface area contributed by atoms with Gasteiger partial charge in [-0.15, -0.1) is 0 Å². The standard InChI is InChI=1S/C17H22Cl2N2S/c1-2-3-4-11-22-17(7-9-21-10-8-20-13-21)14-5-6-15(18)16(19)12-14/h5-6,8,10,12-13,17H,2-4,7,9,11H2,1H3. The number of aromatic nitrogens is 2. The maximum atomic E-state index is 6.18. The van der Waals surface area contributed by atoms with Gasteiger partial charge in [-0.05, 0) is 36.3 Å². The van der Waals surface area contributed by atoms with Crippen molar-refractivity contribution in [2.45, 2.75) is 44.4 Å². The molecule has 2 aromatic rings. The lowest BCUT2D eigenvalue weighted by molar-refractivity contribution is 0.634. The monoisotopic (exact) mass is 356 g/mol. The van der Waals surface area contributed by atoms with Crippen LogP contribution in [0.2, 0.25) is 10.0 Å². The van der Waals surface area contributed by atoms with Crippen molar-refractivity contribution in [3.05, 3.63) is 52.5 Å². The highest BCUT2D eigenvalue weighted by Gasteiger charge is 2.13. The van der Waals surface area contributed by atoms with Crippen molar-refractivity contribution in [3.8, 4) is 0 Å². The number of rotatable bonds is 9. The molecule has 1 heterocycles. The van der Waals surface area contributed by atoms with Crippen molar-refractivity contribution < 1.29 is 0 Å². The van der Waals surface area contributed by atoms with Crippen LogP contribution in [0.25, 0.3) is 0 Å². The number of imidazole rings is 1. The van der Waals surface area contributed by atoms with Crippen molar-refractivity contribution in [1.82, 2.24) is 9.55 Å². The van der Waals surface area contributed by atoms with E-state index in [0.29, 0.717) is 15.3 Å². The van der Waals surface area contributed by atoms with Crippen molar-refractivity contribution in [2.24, 2.45) is 0 Å². The summed E-state index contributed by atoms with van der Waals surface area (Å²) in [5, 5.41) is 1.70. The molecule has 0 N–H and O–H groups in total. The second-order valence-corrected chi connectivity index (χ2v) is 7.45. The summed E-state index contributed by atoms with van der Waals surface area (Å²) in [5.41, 5.74) is 1.26. The number of nitrogens with zero attached hydrogens (tertiary/aromatic N) is 2. The summed E-state index contributed by atoms with van der Waals surface area (Å²) in [7, 11) is 0. The third-order valence-corrected chi connectivity index (χ3v) is 5.76. The van der Waals surface area contributed by atoms with E-state index in [1.165, 1.54) is 30.6 Å². The Balaban J connectivity index is 2.00. The van der Waals surface area contributed by atoms with Gasteiger partial charge in [-0.1, -0.05) is 49.0 Å². The molecule has 0 radical (unpaired) electrons. The van der Waals surface area contributed by atoms with E-state index in [4.69, 9.17) is 23.2 Å². The van der Waals surface area contributed by atoms with Crippen molar-refractivity contribution in [3.63, 3.8) is 0 Å². The summed E-state index contributed by atoms with van der Waals surface area (Å²) < 4.78 is 2.12. The average Bonchev–Trinajstić information content (AvgIpc) is 3.03. The zero-order chi connectivity index (χ0) is 15.8. The predicted molar refractivity (Wildman–Crippen MR) is 98.0 cm³/mol. The molecule has 1 unspecified atom stereocenters. The fourth-order valence-electron chi connectivity index (χ4n) is 2.32. The van der Waals surface area contributed by atoms with Gasteiger partial charge in [-0.3, -0.25) is 0 Å². The number of unbranched alkanes of at least 4 members (excludes halogenated alkanes) is 2. The van der Waals surface area contributed by atoms with E-state index < -0.39 is 0 Å². The summed E-state index contributed by atoms with van der Waals surface area (Å²) in [6.07, 6.45) is 10.6. The van der Waals surface area contributed by atoms with Crippen LogP contribution in [0.15, 0.2) is 36.9 Å². The third kappa shape index (κ3) is 5.53. The lowest BCUT2D eigenvalue weighted by Crippen LogP contribution is -2.02. The zero-order valence-electron chi connectivity index (χ0n) is 12.8. The van der Waals surface area contributed by atoms with E-state index in [9.17, 15) is 0 Å². The molecule has 1 aromatic heterocycles. The van der Waals surface area contributed by atoms with Gasteiger partial charge in [0.15, 0.2) is 0 Å². The molecule has 2 rings (SSSR count). The van der Waals surface area contributed by atoms with E-state index in [2.05, 4.69) is 22.5 Å². The highest BCUT2D eigenvalue weighted by molar-refractivity contribution is 7.99. The van der Waals surface area contributed by atoms with E-state index in [1.807, 2.05) is 42.6 Å². The number of hydrogen-bond acceptors (Lipinski definition) is 2. The second kappa shape index (κ2) is 9.49. The first-order chi connectivity index (χ1) is 10.7. The zero-order valence-corrected chi connectivity index (χ0v) is 15.2. The molecule has 1 atom stereocenters. The molecule has 2 nitrogen and oxygen atoms in total. The lowest BCUT2D eigenvalue weighted by atomic mass is 10.1. The van der Waals surface area contributed by atoms with Gasteiger partial charge in [-0.25, -0.2) is 4.98 Å². The van der Waals surface area contributed by atoms with Crippen LogP contribution >= 0.6 is 35.0 Å². The maximum Gasteiger partial charge on any atom is 0.0945 e. The number of halogens is 2. The SMILES string of the molecule is CCCCCSC(CCn1ccnc1)c1ccc(Cl)c(Cl)c1. The first-order valence-electron chi connectivity index (χ1n) is 7.73. The largest absolute Gasteiger partial charge is 0.337 e. The lowest BCUT2D eigenvalue weighted by Gasteiger charge is -2.18. The molecule has 0 amide bonds. The number of aryl methyl sites for hydroxylation is 1. The minimum Gasteiger partial charge on any atom is -0.337 e. The molecule has 5 heteroatoms. The summed E-state index contributed by atoms with van der Waals surface area (Å²) >= 11 is 14.2. The van der Waals surface area contributed by atoms with Crippen molar-refractivity contribution in [1.29, 1.82) is 0 Å². The fourth-order valence-corrected chi connectivity index (χ4v) is 3.89. The molecular weight excluding hydrogens is 335 g/mol. The summed E-state index contributed by atoms with van der Waals surface area (Å²) in [6.45, 7) is 3.20. The van der Waals surface area contributed by atoms with Crippen LogP contribution in [0.5, 0.6) is 0 Å². The quantitative estimate of drug-likeness (QED) is 0.494. The van der Waals surface area contributed by atoms with Gasteiger partial charge >= 0.3 is 0 Å². The highest BCUT2D eigenvalue weighted by atomic mass is 35.5. The number of benzene rings is 1. The van der Waals surface area contributed by atoms with Crippen LogP contribution in [0.3, 0.4) is 0 Å². The Morgan fingerprint density at radius 2 is 2.09 bits per heavy atom. The van der Waals surface area contributed by atoms with Gasteiger partial charge in [0.1, 0.15) is 0 Å². The molecular formula is C17H22Cl2N2S. The van der Waals surface area contributed by atoms with Gasteiger partial charge in [0.05, 0.1) is 16.4 Å². The number of hydrogen-bond donors (Lipinski definition) is 0. The number of thioether (sulfide) groups is 1. The summed E-state index contributed by atoms with van der Waals surface area (Å²) in [5.74, 6) is 1.18. The molecule has 0 fully saturated rings. The average molecular weight is 357 g/mol. The maximum absolute atomic E-state index is 6.18. The van der Waals surface area contributed by atoms with E-state index in [1.54, 1.807) is 0 Å². The Morgan fingerprint density at radius 3 is 2.77 bits per heavy atom. The molecule has 0 aliphatic heterocycles. The van der Waals surface area contributed by atoms with Gasteiger partial charge in [-0.2, -0.15) is 11.8 Å². The molecule has 0 saturated carbocycles. The first kappa shape index (κ1) is 17.7. The van der Waals surface area contributed by atoms with E-state index in [-0.39, 0.29) is 0 Å². The summed E-state index contributed by atoms with van der Waals surface area (Å²) in [4.78, 5) is 4.10. The van der Waals surface area contributed by atoms with Crippen LogP contribution in [0.4, 0.5) is 0 Å². The molecule has 0 aliphatic rings. The minimum atomic E-state index is 0.439. The van der Waals surface area contributed by atoms with Crippen LogP contribution in [0, 0.1) is 0 Å². The van der Waals surface area contributed by atoms with Crippen molar-refractivity contribution >= 4 is 35.0 Å². The molecule has 0 spiro atoms. The Kier molecular flexibility index (Phi) is 7.64. The van der Waals surface area contributed by atoms with Crippen LogP contribution in [-0.2, 0) is 6.54 Å². The Morgan fingerprint density at radius 1 is 1.23 bits per heavy atom. The van der Waals surface area contributed by atoms with Crippen LogP contribution in [-0.4, -0.2) is 15.3 Å². The second-order valence-electron chi connectivity index (χ2n) is 5.33. The predicted octanol–water partition coefficient (Wildman–Crippen LogP) is 6.24. The van der Waals surface area contributed by atoms with Gasteiger partial charge in [0.2, 0.25) is 0 Å². The molecule has 1 aromatic carbocycles. The van der Waals surface area contributed by atoms with Crippen molar-refractivity contribution in [2.75, 3.05) is 5.75 Å². The van der Waals surface area contributed by atoms with E-state index >= 15 is 0 Å². The smallest absolute Gasteiger partial charge is 0.0945 e. The van der Waals surface area contributed by atoms with Gasteiger partial charge in [0, 0.05) is 24.2 Å². The Labute approximate surface area is 147 Å². The molecule has 0 aliphatic carbocycles. The topological polar surface area (TPSA) is 17.8 Å². The van der Waals surface area contributed by atoms with Gasteiger partial charge < -0.3 is 4.57 Å². The third-order valence-electron chi connectivity index (χ3n) is 3.59. The molecule has 0 saturated heterocycles. The summed E-state index contributed by atoms with van der Waals surface area (Å²) in [6, 6.07) is 6.00. The molecule has 0 bridgehead atoms. The van der Waals surface area contributed by atoms with Gasteiger partial charge in [0.25, 0.3) is 0 Å². The minimum absolute atomic E-state index is 0.439. The molecule has 120 valence electrons. The highest BCUT2D eigenvalue weighted by Crippen LogP contribution is 2.36. The van der Waals surface area contributed by atoms with Crippen LogP contribution < -0.4 is 0 Å². The first-order valence-corrected chi connectivity index (χ1v) is 9.53. The Bertz CT molecular complexity index is 558. The molecule has 22 heavy (non-hydrogen) atoms. The fraction of sp³-hybridized carbons (Fsp3) is 0.471. The normalized spacial score (nSPS) is 12.5. The van der Waals surface area contributed by atoms with E-state index in [0.717, 1.165) is 13.0 Å². The Hall–Kier alpha value is -0.640. The van der Waals surface area contributed by atoms with Crippen LogP contribution in [0.1, 0.15) is 43.4 Å².